The average Bonchev–Trinajstić information content (AvgIpc) is 2.74. The van der Waals surface area contributed by atoms with E-state index in [2.05, 4.69) is 10.0 Å². The second kappa shape index (κ2) is 9.06. The van der Waals surface area contributed by atoms with Crippen molar-refractivity contribution in [2.75, 3.05) is 25.5 Å². The Morgan fingerprint density at radius 1 is 1.00 bits per heavy atom. The highest BCUT2D eigenvalue weighted by molar-refractivity contribution is 7.89. The lowest BCUT2D eigenvalue weighted by Crippen LogP contribution is -2.47. The summed E-state index contributed by atoms with van der Waals surface area (Å²) in [6, 6.07) is 14.2. The number of sulfonamides is 1. The number of hydrogen-bond donors (Lipinski definition) is 2. The molecule has 2 amide bonds. The van der Waals surface area contributed by atoms with Crippen molar-refractivity contribution in [3.8, 4) is 0 Å². The molecule has 1 saturated heterocycles. The molecule has 0 saturated carbocycles. The van der Waals surface area contributed by atoms with Crippen LogP contribution in [0.2, 0.25) is 0 Å². The fourth-order valence-corrected chi connectivity index (χ4v) is 4.49. The van der Waals surface area contributed by atoms with Crippen LogP contribution in [0, 0.1) is 0 Å². The Kier molecular flexibility index (Phi) is 6.50. The summed E-state index contributed by atoms with van der Waals surface area (Å²) in [5.74, 6) is -0.532. The van der Waals surface area contributed by atoms with Gasteiger partial charge < -0.3 is 15.0 Å². The first-order valence-electron chi connectivity index (χ1n) is 9.21. The largest absolute Gasteiger partial charge is 0.465 e. The standard InChI is InChI=1S/C20H23N3O5S/c1-28-19(24)17-9-5-6-10-18(17)21-20(25)23-13-11-15(12-14-23)22-29(26,27)16-7-3-2-4-8-16/h2-10,15,22H,11-14H2,1H3,(H,21,25). The molecular formula is C20H23N3O5S. The van der Waals surface area contributed by atoms with Gasteiger partial charge >= 0.3 is 12.0 Å². The lowest BCUT2D eigenvalue weighted by molar-refractivity contribution is 0.0602. The minimum absolute atomic E-state index is 0.222. The van der Waals surface area contributed by atoms with Crippen molar-refractivity contribution in [2.45, 2.75) is 23.8 Å². The summed E-state index contributed by atoms with van der Waals surface area (Å²) < 4.78 is 32.3. The van der Waals surface area contributed by atoms with E-state index in [4.69, 9.17) is 4.74 Å². The number of urea groups is 1. The first kappa shape index (κ1) is 20.8. The van der Waals surface area contributed by atoms with E-state index in [0.717, 1.165) is 0 Å². The van der Waals surface area contributed by atoms with Crippen LogP contribution in [0.4, 0.5) is 10.5 Å². The number of ether oxygens (including phenoxy) is 1. The number of hydrogen-bond acceptors (Lipinski definition) is 5. The SMILES string of the molecule is COC(=O)c1ccccc1NC(=O)N1CCC(NS(=O)(=O)c2ccccc2)CC1. The molecule has 0 bridgehead atoms. The number of esters is 1. The van der Waals surface area contributed by atoms with Gasteiger partial charge in [0.25, 0.3) is 0 Å². The van der Waals surface area contributed by atoms with Crippen molar-refractivity contribution < 1.29 is 22.7 Å². The van der Waals surface area contributed by atoms with Gasteiger partial charge in [0.2, 0.25) is 10.0 Å². The highest BCUT2D eigenvalue weighted by atomic mass is 32.2. The van der Waals surface area contributed by atoms with Crippen LogP contribution in [0.25, 0.3) is 0 Å². The number of benzene rings is 2. The van der Waals surface area contributed by atoms with E-state index < -0.39 is 16.0 Å². The molecule has 8 nitrogen and oxygen atoms in total. The molecule has 0 aliphatic carbocycles. The van der Waals surface area contributed by atoms with Crippen LogP contribution in [0.15, 0.2) is 59.5 Å². The molecule has 0 atom stereocenters. The lowest BCUT2D eigenvalue weighted by Gasteiger charge is -2.32. The molecule has 1 fully saturated rings. The van der Waals surface area contributed by atoms with E-state index in [0.29, 0.717) is 31.6 Å². The predicted octanol–water partition coefficient (Wildman–Crippen LogP) is 2.45. The van der Waals surface area contributed by atoms with Gasteiger partial charge in [-0.05, 0) is 37.1 Å². The van der Waals surface area contributed by atoms with Gasteiger partial charge in [-0.2, -0.15) is 0 Å². The van der Waals surface area contributed by atoms with Gasteiger partial charge in [0, 0.05) is 19.1 Å². The Hall–Kier alpha value is -2.91. The Labute approximate surface area is 169 Å². The summed E-state index contributed by atoms with van der Waals surface area (Å²) in [6.45, 7) is 0.794. The smallest absolute Gasteiger partial charge is 0.339 e. The maximum Gasteiger partial charge on any atom is 0.339 e. The van der Waals surface area contributed by atoms with E-state index in [1.165, 1.54) is 7.11 Å². The Bertz CT molecular complexity index is 971. The van der Waals surface area contributed by atoms with E-state index in [1.54, 1.807) is 59.5 Å². The molecule has 2 aromatic rings. The van der Waals surface area contributed by atoms with Gasteiger partial charge in [-0.1, -0.05) is 30.3 Å². The molecule has 29 heavy (non-hydrogen) atoms. The Morgan fingerprint density at radius 3 is 2.28 bits per heavy atom. The van der Waals surface area contributed by atoms with Crippen LogP contribution < -0.4 is 10.0 Å². The molecule has 2 N–H and O–H groups in total. The van der Waals surface area contributed by atoms with E-state index >= 15 is 0 Å². The molecule has 0 radical (unpaired) electrons. The number of anilines is 1. The van der Waals surface area contributed by atoms with Gasteiger partial charge in [-0.15, -0.1) is 0 Å². The number of para-hydroxylation sites is 1. The van der Waals surface area contributed by atoms with E-state index in [-0.39, 0.29) is 22.5 Å². The summed E-state index contributed by atoms with van der Waals surface area (Å²) in [4.78, 5) is 26.2. The summed E-state index contributed by atoms with van der Waals surface area (Å²) in [7, 11) is -2.30. The van der Waals surface area contributed by atoms with Gasteiger partial charge in [-0.3, -0.25) is 0 Å². The van der Waals surface area contributed by atoms with Crippen molar-refractivity contribution in [3.63, 3.8) is 0 Å². The molecule has 1 aliphatic rings. The molecule has 1 heterocycles. The number of piperidine rings is 1. The zero-order valence-corrected chi connectivity index (χ0v) is 16.8. The molecular weight excluding hydrogens is 394 g/mol. The summed E-state index contributed by atoms with van der Waals surface area (Å²) >= 11 is 0. The number of carbonyl (C=O) groups excluding carboxylic acids is 2. The summed E-state index contributed by atoms with van der Waals surface area (Å²) in [6.07, 6.45) is 0.996. The third kappa shape index (κ3) is 5.12. The van der Waals surface area contributed by atoms with Crippen LogP contribution in [0.1, 0.15) is 23.2 Å². The fourth-order valence-electron chi connectivity index (χ4n) is 3.16. The van der Waals surface area contributed by atoms with Crippen molar-refractivity contribution >= 4 is 27.7 Å². The Morgan fingerprint density at radius 2 is 1.62 bits per heavy atom. The number of nitrogens with one attached hydrogen (secondary N) is 2. The van der Waals surface area contributed by atoms with Crippen molar-refractivity contribution in [1.29, 1.82) is 0 Å². The highest BCUT2D eigenvalue weighted by Crippen LogP contribution is 2.19. The number of rotatable bonds is 5. The van der Waals surface area contributed by atoms with Crippen molar-refractivity contribution in [3.05, 3.63) is 60.2 Å². The van der Waals surface area contributed by atoms with Crippen LogP contribution >= 0.6 is 0 Å². The van der Waals surface area contributed by atoms with Gasteiger partial charge in [-0.25, -0.2) is 22.7 Å². The lowest BCUT2D eigenvalue weighted by atomic mass is 10.1. The zero-order valence-electron chi connectivity index (χ0n) is 16.0. The van der Waals surface area contributed by atoms with Crippen LogP contribution in [-0.4, -0.2) is 51.6 Å². The van der Waals surface area contributed by atoms with E-state index in [1.807, 2.05) is 0 Å². The number of amides is 2. The Balaban J connectivity index is 1.57. The van der Waals surface area contributed by atoms with Gasteiger partial charge in [0.05, 0.1) is 23.3 Å². The van der Waals surface area contributed by atoms with Gasteiger partial charge in [0.15, 0.2) is 0 Å². The van der Waals surface area contributed by atoms with Crippen LogP contribution in [0.3, 0.4) is 0 Å². The molecule has 1 aliphatic heterocycles. The molecule has 0 unspecified atom stereocenters. The maximum absolute atomic E-state index is 12.6. The minimum Gasteiger partial charge on any atom is -0.465 e. The monoisotopic (exact) mass is 417 g/mol. The van der Waals surface area contributed by atoms with Crippen LogP contribution in [0.5, 0.6) is 0 Å². The minimum atomic E-state index is -3.58. The maximum atomic E-state index is 12.6. The van der Waals surface area contributed by atoms with Crippen molar-refractivity contribution in [2.24, 2.45) is 0 Å². The average molecular weight is 417 g/mol. The topological polar surface area (TPSA) is 105 Å². The predicted molar refractivity (Wildman–Crippen MR) is 108 cm³/mol. The molecule has 3 rings (SSSR count). The summed E-state index contributed by atoms with van der Waals surface area (Å²) in [5, 5.41) is 2.73. The molecule has 0 aromatic heterocycles. The summed E-state index contributed by atoms with van der Waals surface area (Å²) in [5.41, 5.74) is 0.644. The zero-order chi connectivity index (χ0) is 20.9. The molecule has 2 aromatic carbocycles. The second-order valence-corrected chi connectivity index (χ2v) is 8.38. The highest BCUT2D eigenvalue weighted by Gasteiger charge is 2.27. The van der Waals surface area contributed by atoms with Crippen molar-refractivity contribution in [1.82, 2.24) is 9.62 Å². The van der Waals surface area contributed by atoms with E-state index in [9.17, 15) is 18.0 Å². The second-order valence-electron chi connectivity index (χ2n) is 6.66. The molecule has 0 spiro atoms. The number of carbonyl (C=O) groups is 2. The van der Waals surface area contributed by atoms with Crippen LogP contribution in [-0.2, 0) is 14.8 Å². The normalized spacial score (nSPS) is 15.0. The first-order chi connectivity index (χ1) is 13.9. The third-order valence-corrected chi connectivity index (χ3v) is 6.27. The fraction of sp³-hybridized carbons (Fsp3) is 0.300. The number of likely N-dealkylation sites (tertiary alicyclic amines) is 1. The quantitative estimate of drug-likeness (QED) is 0.727. The molecule has 154 valence electrons. The molecule has 9 heteroatoms. The number of nitrogens with zero attached hydrogens (tertiary/aromatic N) is 1. The first-order valence-corrected chi connectivity index (χ1v) is 10.7. The third-order valence-electron chi connectivity index (χ3n) is 4.73. The number of methoxy groups -OCH3 is 1. The van der Waals surface area contributed by atoms with Gasteiger partial charge in [0.1, 0.15) is 0 Å².